The number of carbonyl (C=O) groups excluding carboxylic acids is 1. The normalized spacial score (nSPS) is 19.7. The summed E-state index contributed by atoms with van der Waals surface area (Å²) in [5.41, 5.74) is 5.96. The number of aryl methyl sites for hydroxylation is 1. The van der Waals surface area contributed by atoms with Gasteiger partial charge in [0.2, 0.25) is 0 Å². The summed E-state index contributed by atoms with van der Waals surface area (Å²) in [4.78, 5) is 13.4. The number of esters is 1. The Kier molecular flexibility index (Phi) is 5.39. The molecule has 0 amide bonds. The number of hydrogen-bond acceptors (Lipinski definition) is 5. The fraction of sp³-hybridized carbons (Fsp3) is 0.242. The molecule has 2 aliphatic heterocycles. The zero-order valence-electron chi connectivity index (χ0n) is 21.4. The number of benzene rings is 4. The van der Waals surface area contributed by atoms with Gasteiger partial charge in [0.25, 0.3) is 0 Å². The smallest absolute Gasteiger partial charge is 0.340 e. The quantitative estimate of drug-likeness (QED) is 0.277. The molecule has 5 nitrogen and oxygen atoms in total. The van der Waals surface area contributed by atoms with Crippen molar-refractivity contribution in [2.45, 2.75) is 50.7 Å². The van der Waals surface area contributed by atoms with Gasteiger partial charge in [0.05, 0.1) is 11.1 Å². The van der Waals surface area contributed by atoms with Gasteiger partial charge in [-0.15, -0.1) is 0 Å². The minimum absolute atomic E-state index is 0.315. The maximum absolute atomic E-state index is 13.4. The molecule has 1 unspecified atom stereocenters. The lowest BCUT2D eigenvalue weighted by atomic mass is 9.76. The van der Waals surface area contributed by atoms with E-state index in [2.05, 4.69) is 29.7 Å². The first-order chi connectivity index (χ1) is 18.6. The van der Waals surface area contributed by atoms with Gasteiger partial charge >= 0.3 is 5.97 Å². The Bertz CT molecular complexity index is 1540. The van der Waals surface area contributed by atoms with Crippen molar-refractivity contribution in [2.75, 3.05) is 10.6 Å². The minimum atomic E-state index is -1.12. The predicted octanol–water partition coefficient (Wildman–Crippen LogP) is 8.05. The lowest BCUT2D eigenvalue weighted by Crippen LogP contribution is -2.35. The molecule has 3 aliphatic rings. The van der Waals surface area contributed by atoms with Gasteiger partial charge in [0.1, 0.15) is 11.5 Å². The standard InChI is InChI=1S/C33H30N2O3/c1-21-19-30-26(20-28(21)35-23-13-6-3-7-14-23)33(25-16-9-8-15-24(25)32(36)38-33)31-27(17-10-18-29(31)37-30)34-22-11-4-2-5-12-22/h3,6-10,13-20,22,34-35H,2,4-5,11-12H2,1H3. The minimum Gasteiger partial charge on any atom is -0.456 e. The number of nitrogens with one attached hydrogen (secondary N) is 2. The van der Waals surface area contributed by atoms with Gasteiger partial charge in [0.15, 0.2) is 5.60 Å². The lowest BCUT2D eigenvalue weighted by Gasteiger charge is -2.39. The van der Waals surface area contributed by atoms with Crippen LogP contribution in [0.2, 0.25) is 0 Å². The summed E-state index contributed by atoms with van der Waals surface area (Å²) in [7, 11) is 0. The van der Waals surface area contributed by atoms with Crippen LogP contribution in [0.1, 0.15) is 64.7 Å². The van der Waals surface area contributed by atoms with Gasteiger partial charge in [0, 0.05) is 34.2 Å². The van der Waals surface area contributed by atoms with E-state index in [0.717, 1.165) is 52.2 Å². The number of carbonyl (C=O) groups is 1. The van der Waals surface area contributed by atoms with E-state index in [1.807, 2.05) is 72.8 Å². The number of fused-ring (bicyclic) bond motifs is 6. The van der Waals surface area contributed by atoms with Gasteiger partial charge in [-0.2, -0.15) is 0 Å². The van der Waals surface area contributed by atoms with Crippen molar-refractivity contribution in [3.8, 4) is 11.5 Å². The van der Waals surface area contributed by atoms with Crippen molar-refractivity contribution < 1.29 is 14.3 Å². The zero-order valence-corrected chi connectivity index (χ0v) is 21.4. The van der Waals surface area contributed by atoms with Crippen molar-refractivity contribution >= 4 is 23.0 Å². The molecule has 0 radical (unpaired) electrons. The molecule has 190 valence electrons. The molecule has 0 saturated heterocycles. The maximum atomic E-state index is 13.4. The van der Waals surface area contributed by atoms with Crippen LogP contribution in [0, 0.1) is 6.92 Å². The van der Waals surface area contributed by atoms with E-state index in [1.165, 1.54) is 19.3 Å². The van der Waals surface area contributed by atoms with E-state index in [-0.39, 0.29) is 5.97 Å². The molecular formula is C33H30N2O3. The Hall–Kier alpha value is -4.25. The molecule has 1 fully saturated rings. The van der Waals surface area contributed by atoms with E-state index in [4.69, 9.17) is 9.47 Å². The van der Waals surface area contributed by atoms with E-state index in [0.29, 0.717) is 23.1 Å². The molecule has 1 aliphatic carbocycles. The number of ether oxygens (including phenoxy) is 2. The van der Waals surface area contributed by atoms with Crippen molar-refractivity contribution in [3.63, 3.8) is 0 Å². The Morgan fingerprint density at radius 2 is 1.58 bits per heavy atom. The molecule has 1 saturated carbocycles. The second-order valence-electron chi connectivity index (χ2n) is 10.5. The third-order valence-electron chi connectivity index (χ3n) is 8.09. The number of rotatable bonds is 4. The van der Waals surface area contributed by atoms with Gasteiger partial charge in [-0.25, -0.2) is 4.79 Å². The molecule has 4 aromatic carbocycles. The average molecular weight is 503 g/mol. The Morgan fingerprint density at radius 3 is 2.42 bits per heavy atom. The van der Waals surface area contributed by atoms with Gasteiger partial charge in [-0.3, -0.25) is 0 Å². The highest BCUT2D eigenvalue weighted by atomic mass is 16.6. The van der Waals surface area contributed by atoms with E-state index in [1.54, 1.807) is 0 Å². The fourth-order valence-electron chi connectivity index (χ4n) is 6.28. The van der Waals surface area contributed by atoms with Crippen molar-refractivity contribution in [1.29, 1.82) is 0 Å². The topological polar surface area (TPSA) is 59.6 Å². The predicted molar refractivity (Wildman–Crippen MR) is 150 cm³/mol. The molecule has 1 atom stereocenters. The van der Waals surface area contributed by atoms with Crippen LogP contribution >= 0.6 is 0 Å². The van der Waals surface area contributed by atoms with Gasteiger partial charge in [-0.05, 0) is 67.8 Å². The summed E-state index contributed by atoms with van der Waals surface area (Å²) in [6.45, 7) is 2.06. The third-order valence-corrected chi connectivity index (χ3v) is 8.09. The van der Waals surface area contributed by atoms with Crippen molar-refractivity contribution in [1.82, 2.24) is 0 Å². The van der Waals surface area contributed by atoms with Crippen LogP contribution in [-0.4, -0.2) is 12.0 Å². The SMILES string of the molecule is Cc1cc2c(cc1Nc1ccccc1)C1(OC(=O)c3ccccc31)c1c(NC3CCCCC3)cccc1O2. The molecule has 0 bridgehead atoms. The van der Waals surface area contributed by atoms with Gasteiger partial charge in [-0.1, -0.05) is 61.7 Å². The first-order valence-electron chi connectivity index (χ1n) is 13.5. The summed E-state index contributed by atoms with van der Waals surface area (Å²) in [6.07, 6.45) is 6.00. The van der Waals surface area contributed by atoms with Crippen molar-refractivity contribution in [2.24, 2.45) is 0 Å². The molecule has 38 heavy (non-hydrogen) atoms. The van der Waals surface area contributed by atoms with Crippen LogP contribution in [0.15, 0.2) is 84.9 Å². The van der Waals surface area contributed by atoms with Crippen LogP contribution in [0.25, 0.3) is 0 Å². The zero-order chi connectivity index (χ0) is 25.7. The van der Waals surface area contributed by atoms with Gasteiger partial charge < -0.3 is 20.1 Å². The first-order valence-corrected chi connectivity index (χ1v) is 13.5. The summed E-state index contributed by atoms with van der Waals surface area (Å²) in [6, 6.07) is 28.4. The highest BCUT2D eigenvalue weighted by Crippen LogP contribution is 2.59. The summed E-state index contributed by atoms with van der Waals surface area (Å²) in [5.74, 6) is 1.10. The molecule has 1 spiro atoms. The number of anilines is 3. The number of para-hydroxylation sites is 1. The molecule has 2 N–H and O–H groups in total. The maximum Gasteiger partial charge on any atom is 0.340 e. The molecule has 5 heteroatoms. The molecular weight excluding hydrogens is 472 g/mol. The summed E-state index contributed by atoms with van der Waals surface area (Å²) < 4.78 is 13.1. The van der Waals surface area contributed by atoms with Crippen LogP contribution < -0.4 is 15.4 Å². The Balaban J connectivity index is 1.45. The van der Waals surface area contributed by atoms with Crippen molar-refractivity contribution in [3.05, 3.63) is 113 Å². The summed E-state index contributed by atoms with van der Waals surface area (Å²) in [5, 5.41) is 7.37. The molecule has 7 rings (SSSR count). The first kappa shape index (κ1) is 22.9. The molecule has 4 aromatic rings. The monoisotopic (exact) mass is 502 g/mol. The van der Waals surface area contributed by atoms with Crippen LogP contribution in [0.3, 0.4) is 0 Å². The highest BCUT2D eigenvalue weighted by molar-refractivity contribution is 5.97. The Labute approximate surface area is 222 Å². The molecule has 0 aromatic heterocycles. The second-order valence-corrected chi connectivity index (χ2v) is 10.5. The Morgan fingerprint density at radius 1 is 0.789 bits per heavy atom. The molecule has 2 heterocycles. The fourth-order valence-corrected chi connectivity index (χ4v) is 6.28. The van der Waals surface area contributed by atoms with Crippen LogP contribution in [0.4, 0.5) is 17.1 Å². The highest BCUT2D eigenvalue weighted by Gasteiger charge is 2.55. The largest absolute Gasteiger partial charge is 0.456 e. The second kappa shape index (κ2) is 8.95. The lowest BCUT2D eigenvalue weighted by molar-refractivity contribution is 0.0226. The summed E-state index contributed by atoms with van der Waals surface area (Å²) >= 11 is 0. The van der Waals surface area contributed by atoms with E-state index >= 15 is 0 Å². The van der Waals surface area contributed by atoms with Crippen LogP contribution in [-0.2, 0) is 10.3 Å². The van der Waals surface area contributed by atoms with E-state index < -0.39 is 5.60 Å². The average Bonchev–Trinajstić information content (AvgIpc) is 3.23. The number of hydrogen-bond donors (Lipinski definition) is 2. The van der Waals surface area contributed by atoms with Crippen LogP contribution in [0.5, 0.6) is 11.5 Å². The van der Waals surface area contributed by atoms with E-state index in [9.17, 15) is 4.79 Å². The third kappa shape index (κ3) is 3.57.